The summed E-state index contributed by atoms with van der Waals surface area (Å²) in [6, 6.07) is 8.49. The molecule has 4 nitrogen and oxygen atoms in total. The second kappa shape index (κ2) is 6.57. The fourth-order valence-electron chi connectivity index (χ4n) is 2.48. The van der Waals surface area contributed by atoms with Gasteiger partial charge in [-0.3, -0.25) is 4.79 Å². The van der Waals surface area contributed by atoms with E-state index in [2.05, 4.69) is 22.5 Å². The van der Waals surface area contributed by atoms with Crippen LogP contribution in [0.5, 0.6) is 0 Å². The molecule has 1 amide bonds. The van der Waals surface area contributed by atoms with E-state index in [1.54, 1.807) is 0 Å². The van der Waals surface area contributed by atoms with Crippen LogP contribution in [0.2, 0.25) is 0 Å². The number of nitrogens with one attached hydrogen (secondary N) is 2. The van der Waals surface area contributed by atoms with Crippen LogP contribution in [0.15, 0.2) is 24.3 Å². The van der Waals surface area contributed by atoms with Gasteiger partial charge in [-0.25, -0.2) is 0 Å². The predicted molar refractivity (Wildman–Crippen MR) is 79.5 cm³/mol. The number of nitrogens with zero attached hydrogens (tertiary/aromatic N) is 1. The van der Waals surface area contributed by atoms with Crippen molar-refractivity contribution in [2.75, 3.05) is 30.3 Å². The van der Waals surface area contributed by atoms with Gasteiger partial charge in [0.05, 0.1) is 0 Å². The molecule has 0 atom stereocenters. The number of benzene rings is 1. The third-order valence-corrected chi connectivity index (χ3v) is 3.61. The first-order chi connectivity index (χ1) is 9.17. The number of hydrogen-bond acceptors (Lipinski definition) is 3. The van der Waals surface area contributed by atoms with Crippen molar-refractivity contribution >= 4 is 17.3 Å². The highest BCUT2D eigenvalue weighted by Gasteiger charge is 2.17. The lowest BCUT2D eigenvalue weighted by Crippen LogP contribution is -2.38. The Kier molecular flexibility index (Phi) is 4.80. The smallest absolute Gasteiger partial charge is 0.221 e. The van der Waals surface area contributed by atoms with Crippen LogP contribution in [-0.4, -0.2) is 36.5 Å². The quantitative estimate of drug-likeness (QED) is 0.875. The van der Waals surface area contributed by atoms with Crippen molar-refractivity contribution in [3.8, 4) is 0 Å². The molecule has 19 heavy (non-hydrogen) atoms. The summed E-state index contributed by atoms with van der Waals surface area (Å²) in [5.41, 5.74) is 1.97. The van der Waals surface area contributed by atoms with Crippen LogP contribution in [0.3, 0.4) is 0 Å². The Balaban J connectivity index is 1.84. The van der Waals surface area contributed by atoms with Gasteiger partial charge >= 0.3 is 0 Å². The summed E-state index contributed by atoms with van der Waals surface area (Å²) in [5.74, 6) is -0.0346. The van der Waals surface area contributed by atoms with Crippen molar-refractivity contribution in [2.24, 2.45) is 0 Å². The molecule has 1 fully saturated rings. The van der Waals surface area contributed by atoms with E-state index in [9.17, 15) is 4.79 Å². The van der Waals surface area contributed by atoms with Crippen molar-refractivity contribution in [1.29, 1.82) is 0 Å². The Hall–Kier alpha value is -1.55. The van der Waals surface area contributed by atoms with Gasteiger partial charge in [-0.2, -0.15) is 0 Å². The lowest BCUT2D eigenvalue weighted by Gasteiger charge is -2.32. The van der Waals surface area contributed by atoms with E-state index in [1.165, 1.54) is 32.9 Å². The SMILES string of the molecule is CCN1CCC(Nc2ccc(NC(C)=O)cc2)CC1. The minimum Gasteiger partial charge on any atom is -0.382 e. The van der Waals surface area contributed by atoms with Crippen LogP contribution in [0.4, 0.5) is 11.4 Å². The van der Waals surface area contributed by atoms with Crippen molar-refractivity contribution in [1.82, 2.24) is 4.90 Å². The third kappa shape index (κ3) is 4.24. The number of anilines is 2. The molecule has 0 spiro atoms. The highest BCUT2D eigenvalue weighted by Crippen LogP contribution is 2.18. The van der Waals surface area contributed by atoms with Gasteiger partial charge in [0.15, 0.2) is 0 Å². The Morgan fingerprint density at radius 3 is 2.32 bits per heavy atom. The van der Waals surface area contributed by atoms with Gasteiger partial charge in [0, 0.05) is 37.4 Å². The van der Waals surface area contributed by atoms with Gasteiger partial charge in [0.1, 0.15) is 0 Å². The molecule has 0 aliphatic carbocycles. The minimum absolute atomic E-state index is 0.0346. The summed E-state index contributed by atoms with van der Waals surface area (Å²) in [6.07, 6.45) is 2.39. The monoisotopic (exact) mass is 261 g/mol. The van der Waals surface area contributed by atoms with Gasteiger partial charge in [-0.15, -0.1) is 0 Å². The van der Waals surface area contributed by atoms with Gasteiger partial charge in [-0.05, 0) is 43.7 Å². The maximum absolute atomic E-state index is 10.9. The molecule has 1 aromatic rings. The predicted octanol–water partition coefficient (Wildman–Crippen LogP) is 2.54. The highest BCUT2D eigenvalue weighted by atomic mass is 16.1. The van der Waals surface area contributed by atoms with Gasteiger partial charge in [0.2, 0.25) is 5.91 Å². The first kappa shape index (κ1) is 13.9. The Labute approximate surface area is 115 Å². The Morgan fingerprint density at radius 1 is 1.21 bits per heavy atom. The summed E-state index contributed by atoms with van der Waals surface area (Å²) in [5, 5.41) is 6.34. The molecule has 2 rings (SSSR count). The maximum atomic E-state index is 10.9. The summed E-state index contributed by atoms with van der Waals surface area (Å²) in [4.78, 5) is 13.4. The first-order valence-corrected chi connectivity index (χ1v) is 7.04. The second-order valence-electron chi connectivity index (χ2n) is 5.11. The van der Waals surface area contributed by atoms with Crippen LogP contribution in [0.1, 0.15) is 26.7 Å². The molecule has 0 saturated carbocycles. The number of piperidine rings is 1. The largest absolute Gasteiger partial charge is 0.382 e. The molecule has 0 bridgehead atoms. The number of carbonyl (C=O) groups is 1. The number of hydrogen-bond donors (Lipinski definition) is 2. The first-order valence-electron chi connectivity index (χ1n) is 7.04. The Morgan fingerprint density at radius 2 is 1.79 bits per heavy atom. The molecule has 1 aromatic carbocycles. The molecule has 1 aliphatic rings. The second-order valence-corrected chi connectivity index (χ2v) is 5.11. The third-order valence-electron chi connectivity index (χ3n) is 3.61. The topological polar surface area (TPSA) is 44.4 Å². The van der Waals surface area contributed by atoms with E-state index in [4.69, 9.17) is 0 Å². The van der Waals surface area contributed by atoms with Crippen LogP contribution in [0.25, 0.3) is 0 Å². The molecule has 0 aromatic heterocycles. The minimum atomic E-state index is -0.0346. The molecule has 1 saturated heterocycles. The summed E-state index contributed by atoms with van der Waals surface area (Å²) in [6.45, 7) is 7.25. The van der Waals surface area contributed by atoms with E-state index in [1.807, 2.05) is 24.3 Å². The molecule has 4 heteroatoms. The maximum Gasteiger partial charge on any atom is 0.221 e. The molecule has 1 aliphatic heterocycles. The van der Waals surface area contributed by atoms with E-state index >= 15 is 0 Å². The average molecular weight is 261 g/mol. The molecule has 1 heterocycles. The molecular weight excluding hydrogens is 238 g/mol. The van der Waals surface area contributed by atoms with Crippen molar-refractivity contribution < 1.29 is 4.79 Å². The molecular formula is C15H23N3O. The molecule has 104 valence electrons. The number of likely N-dealkylation sites (tertiary alicyclic amines) is 1. The number of carbonyl (C=O) groups excluding carboxylic acids is 1. The summed E-state index contributed by atoms with van der Waals surface area (Å²) < 4.78 is 0. The lowest BCUT2D eigenvalue weighted by atomic mass is 10.0. The lowest BCUT2D eigenvalue weighted by molar-refractivity contribution is -0.114. The number of rotatable bonds is 4. The highest BCUT2D eigenvalue weighted by molar-refractivity contribution is 5.88. The van der Waals surface area contributed by atoms with Gasteiger partial charge < -0.3 is 15.5 Å². The summed E-state index contributed by atoms with van der Waals surface area (Å²) in [7, 11) is 0. The standard InChI is InChI=1S/C15H23N3O/c1-3-18-10-8-15(9-11-18)17-14-6-4-13(5-7-14)16-12(2)19/h4-7,15,17H,3,8-11H2,1-2H3,(H,16,19). The van der Waals surface area contributed by atoms with E-state index in [0.717, 1.165) is 17.9 Å². The van der Waals surface area contributed by atoms with Gasteiger partial charge in [0.25, 0.3) is 0 Å². The fraction of sp³-hybridized carbons (Fsp3) is 0.533. The van der Waals surface area contributed by atoms with E-state index in [0.29, 0.717) is 6.04 Å². The molecule has 0 radical (unpaired) electrons. The molecule has 2 N–H and O–H groups in total. The van der Waals surface area contributed by atoms with Crippen molar-refractivity contribution in [3.63, 3.8) is 0 Å². The van der Waals surface area contributed by atoms with Crippen LogP contribution in [-0.2, 0) is 4.79 Å². The molecule has 0 unspecified atom stereocenters. The van der Waals surface area contributed by atoms with Crippen LogP contribution >= 0.6 is 0 Å². The zero-order valence-corrected chi connectivity index (χ0v) is 11.8. The van der Waals surface area contributed by atoms with Crippen molar-refractivity contribution in [2.45, 2.75) is 32.7 Å². The summed E-state index contributed by atoms with van der Waals surface area (Å²) >= 11 is 0. The Bertz CT molecular complexity index is 408. The van der Waals surface area contributed by atoms with Crippen molar-refractivity contribution in [3.05, 3.63) is 24.3 Å². The van der Waals surface area contributed by atoms with E-state index in [-0.39, 0.29) is 5.91 Å². The van der Waals surface area contributed by atoms with Gasteiger partial charge in [-0.1, -0.05) is 6.92 Å². The zero-order valence-electron chi connectivity index (χ0n) is 11.8. The van der Waals surface area contributed by atoms with Crippen LogP contribution < -0.4 is 10.6 Å². The fourth-order valence-corrected chi connectivity index (χ4v) is 2.48. The van der Waals surface area contributed by atoms with Crippen LogP contribution in [0, 0.1) is 0 Å². The normalized spacial score (nSPS) is 17.2. The van der Waals surface area contributed by atoms with E-state index < -0.39 is 0 Å². The number of amides is 1. The zero-order chi connectivity index (χ0) is 13.7. The average Bonchev–Trinajstić information content (AvgIpc) is 2.41.